The van der Waals surface area contributed by atoms with Gasteiger partial charge in [0, 0.05) is 36.3 Å². The normalized spacial score (nSPS) is 16.9. The van der Waals surface area contributed by atoms with Crippen LogP contribution in [-0.2, 0) is 11.2 Å². The number of morpholine rings is 1. The maximum Gasteiger partial charge on any atom is 0.270 e. The summed E-state index contributed by atoms with van der Waals surface area (Å²) in [4.78, 5) is 20.4. The maximum atomic E-state index is 12.4. The summed E-state index contributed by atoms with van der Waals surface area (Å²) in [6, 6.07) is 4.36. The van der Waals surface area contributed by atoms with Gasteiger partial charge in [-0.2, -0.15) is 0 Å². The number of hydrogen-bond acceptors (Lipinski definition) is 7. The maximum absolute atomic E-state index is 12.4. The lowest BCUT2D eigenvalue weighted by Gasteiger charge is -2.34. The van der Waals surface area contributed by atoms with Crippen LogP contribution in [0.2, 0.25) is 0 Å². The molecule has 2 aromatic heterocycles. The highest BCUT2D eigenvalue weighted by molar-refractivity contribution is 7.10. The summed E-state index contributed by atoms with van der Waals surface area (Å²) >= 11 is 3.21. The van der Waals surface area contributed by atoms with E-state index in [9.17, 15) is 4.79 Å². The molecule has 130 valence electrons. The standard InChI is InChI=1S/C16H22N4O2S2/c17-4-3-15-19-12(11-24-15)16(21)18-10-13(14-2-1-9-23-14)20-5-7-22-8-6-20/h1-2,9,11,13H,3-8,10,17H2,(H,18,21). The Hall–Kier alpha value is -1.32. The molecule has 1 aliphatic rings. The largest absolute Gasteiger partial charge is 0.379 e. The van der Waals surface area contributed by atoms with Crippen LogP contribution in [0.5, 0.6) is 0 Å². The third kappa shape index (κ3) is 4.40. The van der Waals surface area contributed by atoms with E-state index in [-0.39, 0.29) is 11.9 Å². The van der Waals surface area contributed by atoms with E-state index in [0.717, 1.165) is 31.3 Å². The molecule has 0 radical (unpaired) electrons. The predicted octanol–water partition coefficient (Wildman–Crippen LogP) is 1.51. The number of hydrogen-bond donors (Lipinski definition) is 2. The van der Waals surface area contributed by atoms with Gasteiger partial charge in [-0.1, -0.05) is 6.07 Å². The Balaban J connectivity index is 1.63. The first-order valence-corrected chi connectivity index (χ1v) is 9.81. The van der Waals surface area contributed by atoms with E-state index in [4.69, 9.17) is 10.5 Å². The number of thiophene rings is 1. The average molecular weight is 367 g/mol. The van der Waals surface area contributed by atoms with Gasteiger partial charge in [-0.05, 0) is 18.0 Å². The Kier molecular flexibility index (Phi) is 6.33. The number of nitrogens with zero attached hydrogens (tertiary/aromatic N) is 2. The molecular weight excluding hydrogens is 344 g/mol. The first-order valence-electron chi connectivity index (χ1n) is 8.06. The van der Waals surface area contributed by atoms with Crippen LogP contribution in [0.1, 0.15) is 26.4 Å². The fourth-order valence-electron chi connectivity index (χ4n) is 2.71. The van der Waals surface area contributed by atoms with Gasteiger partial charge in [0.15, 0.2) is 0 Å². The number of thiazole rings is 1. The van der Waals surface area contributed by atoms with Crippen LogP contribution < -0.4 is 11.1 Å². The summed E-state index contributed by atoms with van der Waals surface area (Å²) in [5.41, 5.74) is 6.01. The van der Waals surface area contributed by atoms with E-state index in [1.165, 1.54) is 16.2 Å². The average Bonchev–Trinajstić information content (AvgIpc) is 3.28. The molecule has 1 atom stereocenters. The molecule has 3 rings (SSSR count). The smallest absolute Gasteiger partial charge is 0.270 e. The zero-order valence-corrected chi connectivity index (χ0v) is 15.1. The summed E-state index contributed by atoms with van der Waals surface area (Å²) in [5, 5.41) is 7.82. The first kappa shape index (κ1) is 17.5. The van der Waals surface area contributed by atoms with E-state index >= 15 is 0 Å². The van der Waals surface area contributed by atoms with E-state index in [0.29, 0.717) is 25.2 Å². The van der Waals surface area contributed by atoms with Gasteiger partial charge in [0.1, 0.15) is 5.69 Å². The quantitative estimate of drug-likeness (QED) is 0.776. The van der Waals surface area contributed by atoms with Crippen LogP contribution in [0.25, 0.3) is 0 Å². The summed E-state index contributed by atoms with van der Waals surface area (Å²) in [6.07, 6.45) is 0.712. The molecule has 3 heterocycles. The molecule has 24 heavy (non-hydrogen) atoms. The van der Waals surface area contributed by atoms with Gasteiger partial charge < -0.3 is 15.8 Å². The summed E-state index contributed by atoms with van der Waals surface area (Å²) in [5.74, 6) is -0.121. The zero-order valence-electron chi connectivity index (χ0n) is 13.4. The van der Waals surface area contributed by atoms with Crippen LogP contribution in [0, 0.1) is 0 Å². The summed E-state index contributed by atoms with van der Waals surface area (Å²) in [6.45, 7) is 4.37. The molecule has 1 saturated heterocycles. The Labute approximate surface area is 149 Å². The molecule has 0 saturated carbocycles. The van der Waals surface area contributed by atoms with Crippen LogP contribution in [-0.4, -0.2) is 55.2 Å². The van der Waals surface area contributed by atoms with Crippen molar-refractivity contribution in [1.82, 2.24) is 15.2 Å². The summed E-state index contributed by atoms with van der Waals surface area (Å²) < 4.78 is 5.44. The molecule has 2 aromatic rings. The van der Waals surface area contributed by atoms with Crippen LogP contribution >= 0.6 is 22.7 Å². The van der Waals surface area contributed by atoms with Gasteiger partial charge in [0.05, 0.1) is 24.3 Å². The van der Waals surface area contributed by atoms with Crippen molar-refractivity contribution in [2.45, 2.75) is 12.5 Å². The van der Waals surface area contributed by atoms with E-state index in [1.807, 2.05) is 0 Å². The molecule has 8 heteroatoms. The Morgan fingerprint density at radius 1 is 1.42 bits per heavy atom. The van der Waals surface area contributed by atoms with Crippen molar-refractivity contribution in [3.8, 4) is 0 Å². The number of nitrogens with two attached hydrogens (primary N) is 1. The molecule has 1 fully saturated rings. The molecule has 0 aromatic carbocycles. The van der Waals surface area contributed by atoms with Crippen LogP contribution in [0.3, 0.4) is 0 Å². The second-order valence-corrected chi connectivity index (χ2v) is 7.48. The van der Waals surface area contributed by atoms with Crippen molar-refractivity contribution in [2.24, 2.45) is 5.73 Å². The number of rotatable bonds is 7. The highest BCUT2D eigenvalue weighted by Crippen LogP contribution is 2.25. The van der Waals surface area contributed by atoms with E-state index in [2.05, 4.69) is 32.7 Å². The van der Waals surface area contributed by atoms with Crippen molar-refractivity contribution in [3.05, 3.63) is 38.5 Å². The van der Waals surface area contributed by atoms with E-state index < -0.39 is 0 Å². The Morgan fingerprint density at radius 3 is 2.96 bits per heavy atom. The van der Waals surface area contributed by atoms with E-state index in [1.54, 1.807) is 16.7 Å². The highest BCUT2D eigenvalue weighted by Gasteiger charge is 2.24. The first-order chi connectivity index (χ1) is 11.8. The second-order valence-electron chi connectivity index (χ2n) is 5.55. The lowest BCUT2D eigenvalue weighted by molar-refractivity contribution is 0.0169. The topological polar surface area (TPSA) is 80.5 Å². The molecule has 0 aliphatic carbocycles. The monoisotopic (exact) mass is 366 g/mol. The fourth-order valence-corrected chi connectivity index (χ4v) is 4.37. The number of nitrogens with one attached hydrogen (secondary N) is 1. The SMILES string of the molecule is NCCc1nc(C(=O)NCC(c2cccs2)N2CCOCC2)cs1. The predicted molar refractivity (Wildman–Crippen MR) is 96.7 cm³/mol. The fraction of sp³-hybridized carbons (Fsp3) is 0.500. The number of carbonyl (C=O) groups excluding carboxylic acids is 1. The zero-order chi connectivity index (χ0) is 16.8. The van der Waals surface area contributed by atoms with Crippen molar-refractivity contribution in [1.29, 1.82) is 0 Å². The molecule has 1 aliphatic heterocycles. The molecule has 1 unspecified atom stereocenters. The van der Waals surface area contributed by atoms with Gasteiger partial charge >= 0.3 is 0 Å². The molecule has 3 N–H and O–H groups in total. The summed E-state index contributed by atoms with van der Waals surface area (Å²) in [7, 11) is 0. The minimum absolute atomic E-state index is 0.121. The van der Waals surface area contributed by atoms with Crippen molar-refractivity contribution in [2.75, 3.05) is 39.4 Å². The minimum Gasteiger partial charge on any atom is -0.379 e. The van der Waals surface area contributed by atoms with Crippen LogP contribution in [0.15, 0.2) is 22.9 Å². The van der Waals surface area contributed by atoms with Crippen LogP contribution in [0.4, 0.5) is 0 Å². The Bertz CT molecular complexity index is 638. The number of carbonyl (C=O) groups is 1. The van der Waals surface area contributed by atoms with Gasteiger partial charge in [-0.15, -0.1) is 22.7 Å². The van der Waals surface area contributed by atoms with Gasteiger partial charge in [0.25, 0.3) is 5.91 Å². The van der Waals surface area contributed by atoms with Gasteiger partial charge in [-0.3, -0.25) is 9.69 Å². The third-order valence-corrected chi connectivity index (χ3v) is 5.84. The van der Waals surface area contributed by atoms with Gasteiger partial charge in [-0.25, -0.2) is 4.98 Å². The Morgan fingerprint density at radius 2 is 2.25 bits per heavy atom. The number of ether oxygens (including phenoxy) is 1. The minimum atomic E-state index is -0.121. The number of aromatic nitrogens is 1. The molecule has 0 spiro atoms. The third-order valence-electron chi connectivity index (χ3n) is 3.96. The molecular formula is C16H22N4O2S2. The van der Waals surface area contributed by atoms with Crippen molar-refractivity contribution < 1.29 is 9.53 Å². The number of amides is 1. The van der Waals surface area contributed by atoms with Crippen molar-refractivity contribution in [3.63, 3.8) is 0 Å². The lowest BCUT2D eigenvalue weighted by Crippen LogP contribution is -2.43. The molecule has 6 nitrogen and oxygen atoms in total. The molecule has 1 amide bonds. The van der Waals surface area contributed by atoms with Gasteiger partial charge in [0.2, 0.25) is 0 Å². The van der Waals surface area contributed by atoms with Crippen molar-refractivity contribution >= 4 is 28.6 Å². The lowest BCUT2D eigenvalue weighted by atomic mass is 10.2. The highest BCUT2D eigenvalue weighted by atomic mass is 32.1. The molecule has 0 bridgehead atoms. The second kappa shape index (κ2) is 8.68.